The lowest BCUT2D eigenvalue weighted by molar-refractivity contribution is -0.123. The molecule has 0 radical (unpaired) electrons. The van der Waals surface area contributed by atoms with Crippen LogP contribution in [0.25, 0.3) is 5.57 Å². The average Bonchev–Trinajstić information content (AvgIpc) is 3.04. The highest BCUT2D eigenvalue weighted by atomic mass is 16.1. The number of piperidine rings is 1. The summed E-state index contributed by atoms with van der Waals surface area (Å²) in [7, 11) is 0. The van der Waals surface area contributed by atoms with Crippen LogP contribution in [-0.2, 0) is 16.0 Å². The van der Waals surface area contributed by atoms with Crippen molar-refractivity contribution in [2.45, 2.75) is 111 Å². The average molecular weight is 478 g/mol. The van der Waals surface area contributed by atoms with E-state index in [9.17, 15) is 9.59 Å². The maximum absolute atomic E-state index is 13.2. The third-order valence-corrected chi connectivity index (χ3v) is 9.39. The van der Waals surface area contributed by atoms with Gasteiger partial charge in [-0.15, -0.1) is 0 Å². The summed E-state index contributed by atoms with van der Waals surface area (Å²) in [5.41, 5.74) is 3.66. The minimum Gasteiger partial charge on any atom is -0.298 e. The quantitative estimate of drug-likeness (QED) is 0.355. The van der Waals surface area contributed by atoms with Crippen molar-refractivity contribution in [1.82, 2.24) is 4.90 Å². The normalized spacial score (nSPS) is 27.3. The maximum atomic E-state index is 13.2. The highest BCUT2D eigenvalue weighted by molar-refractivity contribution is 6.21. The molecule has 2 saturated heterocycles. The lowest BCUT2D eigenvalue weighted by atomic mass is 9.79. The van der Waals surface area contributed by atoms with Crippen LogP contribution < -0.4 is 0 Å². The Morgan fingerprint density at radius 3 is 2.43 bits per heavy atom. The van der Waals surface area contributed by atoms with E-state index < -0.39 is 0 Å². The Labute approximate surface area is 213 Å². The molecular formula is C32H47NO2. The minimum atomic E-state index is 0.187. The van der Waals surface area contributed by atoms with Crippen LogP contribution in [0.4, 0.5) is 0 Å². The van der Waals surface area contributed by atoms with E-state index in [1.807, 2.05) is 0 Å². The second-order valence-corrected chi connectivity index (χ2v) is 12.8. The number of fused-ring (bicyclic) bond motifs is 3. The van der Waals surface area contributed by atoms with Crippen LogP contribution in [0.3, 0.4) is 0 Å². The lowest BCUT2D eigenvalue weighted by Crippen LogP contribution is -2.45. The summed E-state index contributed by atoms with van der Waals surface area (Å²) >= 11 is 0. The molecule has 0 spiro atoms. The molecule has 192 valence electrons. The molecule has 3 nitrogen and oxygen atoms in total. The molecule has 1 aromatic carbocycles. The molecule has 3 heteroatoms. The molecule has 1 aromatic rings. The molecular weight excluding hydrogens is 430 g/mol. The largest absolute Gasteiger partial charge is 0.298 e. The molecule has 4 rings (SSSR count). The molecule has 3 unspecified atom stereocenters. The van der Waals surface area contributed by atoms with Crippen LogP contribution >= 0.6 is 0 Å². The monoisotopic (exact) mass is 477 g/mol. The van der Waals surface area contributed by atoms with Crippen molar-refractivity contribution in [3.8, 4) is 0 Å². The summed E-state index contributed by atoms with van der Waals surface area (Å²) in [6.07, 6.45) is 12.8. The highest BCUT2D eigenvalue weighted by Gasteiger charge is 2.41. The van der Waals surface area contributed by atoms with Crippen molar-refractivity contribution in [3.63, 3.8) is 0 Å². The van der Waals surface area contributed by atoms with Crippen LogP contribution in [0.15, 0.2) is 30.3 Å². The topological polar surface area (TPSA) is 37.4 Å². The number of ketones is 2. The first-order valence-electron chi connectivity index (χ1n) is 14.3. The summed E-state index contributed by atoms with van der Waals surface area (Å²) in [4.78, 5) is 28.6. The second-order valence-electron chi connectivity index (χ2n) is 12.8. The van der Waals surface area contributed by atoms with Gasteiger partial charge >= 0.3 is 0 Å². The van der Waals surface area contributed by atoms with Crippen molar-refractivity contribution in [2.24, 2.45) is 23.2 Å². The molecule has 3 aliphatic rings. The fourth-order valence-corrected chi connectivity index (χ4v) is 6.62. The van der Waals surface area contributed by atoms with Gasteiger partial charge in [-0.1, -0.05) is 65.0 Å². The first kappa shape index (κ1) is 26.3. The minimum absolute atomic E-state index is 0.187. The Morgan fingerprint density at radius 2 is 1.77 bits per heavy atom. The standard InChI is InChI=1S/C32H47NO2/c1-6-23-17-25-11-7-8-12-29(25)30(20-23)31(35)13-9-10-24-18-26-14-15-27(19-24)33(26)21-28(34)16-22(2)32(3,4)5/h7-8,11-12,20,22-24,26-27H,6,9-10,13-19,21H2,1-5H3/t22?,23?,24?,26-,27+. The number of rotatable bonds is 10. The van der Waals surface area contributed by atoms with Crippen molar-refractivity contribution in [1.29, 1.82) is 0 Å². The van der Waals surface area contributed by atoms with E-state index in [1.54, 1.807) is 0 Å². The molecule has 35 heavy (non-hydrogen) atoms. The van der Waals surface area contributed by atoms with Gasteiger partial charge < -0.3 is 0 Å². The van der Waals surface area contributed by atoms with Gasteiger partial charge in [-0.25, -0.2) is 0 Å². The molecule has 0 amide bonds. The van der Waals surface area contributed by atoms with Crippen LogP contribution in [0.1, 0.15) is 104 Å². The number of hydrogen-bond donors (Lipinski definition) is 0. The van der Waals surface area contributed by atoms with E-state index in [0.717, 1.165) is 31.3 Å². The van der Waals surface area contributed by atoms with Crippen LogP contribution in [-0.4, -0.2) is 35.1 Å². The Kier molecular flexibility index (Phi) is 8.36. The fourth-order valence-electron chi connectivity index (χ4n) is 6.62. The van der Waals surface area contributed by atoms with E-state index >= 15 is 0 Å². The zero-order valence-corrected chi connectivity index (χ0v) is 22.8. The van der Waals surface area contributed by atoms with E-state index in [-0.39, 0.29) is 5.41 Å². The summed E-state index contributed by atoms with van der Waals surface area (Å²) in [5.74, 6) is 2.35. The highest BCUT2D eigenvalue weighted by Crippen LogP contribution is 2.41. The van der Waals surface area contributed by atoms with Gasteiger partial charge in [0.25, 0.3) is 0 Å². The van der Waals surface area contributed by atoms with Gasteiger partial charge in [-0.05, 0) is 85.7 Å². The maximum Gasteiger partial charge on any atom is 0.163 e. The zero-order chi connectivity index (χ0) is 25.2. The van der Waals surface area contributed by atoms with Gasteiger partial charge in [0.05, 0.1) is 6.54 Å². The number of carbonyl (C=O) groups is 2. The van der Waals surface area contributed by atoms with Gasteiger partial charge in [0.15, 0.2) is 5.78 Å². The number of benzene rings is 1. The molecule has 1 aliphatic carbocycles. The Hall–Kier alpha value is -1.74. The van der Waals surface area contributed by atoms with Crippen LogP contribution in [0.2, 0.25) is 0 Å². The van der Waals surface area contributed by atoms with Gasteiger partial charge in [0, 0.05) is 30.5 Å². The van der Waals surface area contributed by atoms with E-state index in [2.05, 4.69) is 69.9 Å². The molecule has 2 bridgehead atoms. The smallest absolute Gasteiger partial charge is 0.163 e. The lowest BCUT2D eigenvalue weighted by Gasteiger charge is -2.39. The summed E-state index contributed by atoms with van der Waals surface area (Å²) in [5, 5.41) is 0. The number of nitrogens with zero attached hydrogens (tertiary/aromatic N) is 1. The number of Topliss-reactive ketones (excluding diaryl/α,β-unsaturated/α-hetero) is 2. The molecule has 2 heterocycles. The van der Waals surface area contributed by atoms with Crippen molar-refractivity contribution in [3.05, 3.63) is 41.5 Å². The Bertz CT molecular complexity index is 925. The molecule has 0 N–H and O–H groups in total. The van der Waals surface area contributed by atoms with E-state index in [0.29, 0.717) is 60.8 Å². The predicted octanol–water partition coefficient (Wildman–Crippen LogP) is 7.28. The molecule has 0 aromatic heterocycles. The van der Waals surface area contributed by atoms with Gasteiger partial charge in [0.2, 0.25) is 0 Å². The predicted molar refractivity (Wildman–Crippen MR) is 145 cm³/mol. The molecule has 2 fully saturated rings. The Morgan fingerprint density at radius 1 is 1.09 bits per heavy atom. The van der Waals surface area contributed by atoms with Crippen LogP contribution in [0.5, 0.6) is 0 Å². The van der Waals surface area contributed by atoms with E-state index in [1.165, 1.54) is 36.8 Å². The first-order chi connectivity index (χ1) is 16.7. The first-order valence-corrected chi connectivity index (χ1v) is 14.3. The summed E-state index contributed by atoms with van der Waals surface area (Å²) in [6, 6.07) is 9.61. The van der Waals surface area contributed by atoms with Crippen molar-refractivity contribution in [2.75, 3.05) is 6.54 Å². The fraction of sp³-hybridized carbons (Fsp3) is 0.688. The summed E-state index contributed by atoms with van der Waals surface area (Å²) in [6.45, 7) is 11.8. The SMILES string of the molecule is CCC1C=C(C(=O)CCCC2C[C@H]3CC[C@@H](C2)N3CC(=O)CC(C)C(C)(C)C)c2ccccc2C1. The van der Waals surface area contributed by atoms with Crippen LogP contribution in [0, 0.1) is 23.2 Å². The van der Waals surface area contributed by atoms with E-state index in [4.69, 9.17) is 0 Å². The second kappa shape index (κ2) is 11.1. The zero-order valence-electron chi connectivity index (χ0n) is 22.8. The van der Waals surface area contributed by atoms with Gasteiger partial charge in [-0.3, -0.25) is 14.5 Å². The number of hydrogen-bond acceptors (Lipinski definition) is 3. The van der Waals surface area contributed by atoms with Gasteiger partial charge in [0.1, 0.15) is 5.78 Å². The Balaban J connectivity index is 1.26. The molecule has 0 saturated carbocycles. The van der Waals surface area contributed by atoms with Crippen molar-refractivity contribution >= 4 is 17.1 Å². The number of allylic oxidation sites excluding steroid dienone is 2. The van der Waals surface area contributed by atoms with Gasteiger partial charge in [-0.2, -0.15) is 0 Å². The molecule has 5 atom stereocenters. The third kappa shape index (κ3) is 6.34. The number of carbonyl (C=O) groups excluding carboxylic acids is 2. The molecule has 2 aliphatic heterocycles. The third-order valence-electron chi connectivity index (χ3n) is 9.39. The summed E-state index contributed by atoms with van der Waals surface area (Å²) < 4.78 is 0. The van der Waals surface area contributed by atoms with Crippen molar-refractivity contribution < 1.29 is 9.59 Å².